The van der Waals surface area contributed by atoms with Gasteiger partial charge in [0.25, 0.3) is 0 Å². The van der Waals surface area contributed by atoms with Crippen molar-refractivity contribution in [1.29, 1.82) is 0 Å². The van der Waals surface area contributed by atoms with Crippen molar-refractivity contribution in [3.63, 3.8) is 0 Å². The zero-order valence-electron chi connectivity index (χ0n) is 15.5. The molecule has 5 nitrogen and oxygen atoms in total. The molecule has 2 aromatic rings. The molecule has 1 N–H and O–H groups in total. The van der Waals surface area contributed by atoms with E-state index < -0.39 is 0 Å². The van der Waals surface area contributed by atoms with Gasteiger partial charge in [0.1, 0.15) is 6.04 Å². The molecular weight excluding hydrogens is 328 g/mol. The van der Waals surface area contributed by atoms with Gasteiger partial charge in [0.15, 0.2) is 5.78 Å². The number of rotatable bonds is 4. The van der Waals surface area contributed by atoms with E-state index in [2.05, 4.69) is 9.88 Å². The van der Waals surface area contributed by atoms with E-state index in [4.69, 9.17) is 4.74 Å². The Kier molecular flexibility index (Phi) is 4.57. The zero-order valence-corrected chi connectivity index (χ0v) is 15.5. The molecule has 4 rings (SSSR count). The van der Waals surface area contributed by atoms with Gasteiger partial charge in [0.05, 0.1) is 13.7 Å². The van der Waals surface area contributed by atoms with Crippen LogP contribution in [0.3, 0.4) is 0 Å². The molecular formula is C21H26N2O3. The van der Waals surface area contributed by atoms with Crippen LogP contribution >= 0.6 is 0 Å². The summed E-state index contributed by atoms with van der Waals surface area (Å²) in [6, 6.07) is 7.93. The first kappa shape index (κ1) is 17.3. The number of H-pyrrole nitrogens is 1. The number of hydrogen-bond donors (Lipinski definition) is 1. The minimum absolute atomic E-state index is 0.0834. The number of nitrogens with zero attached hydrogens (tertiary/aromatic N) is 1. The minimum atomic E-state index is -0.289. The van der Waals surface area contributed by atoms with Gasteiger partial charge in [0.2, 0.25) is 0 Å². The Morgan fingerprint density at radius 2 is 2.00 bits per heavy atom. The monoisotopic (exact) mass is 354 g/mol. The number of fused-ring (bicyclic) bond motifs is 2. The molecule has 5 heteroatoms. The Bertz CT molecular complexity index is 841. The molecule has 1 aliphatic heterocycles. The summed E-state index contributed by atoms with van der Waals surface area (Å²) in [5.41, 5.74) is 2.63. The summed E-state index contributed by atoms with van der Waals surface area (Å²) in [5.74, 6) is 0.382. The number of benzene rings is 1. The lowest BCUT2D eigenvalue weighted by atomic mass is 9.84. The second-order valence-corrected chi connectivity index (χ2v) is 7.65. The summed E-state index contributed by atoms with van der Waals surface area (Å²) < 4.78 is 5.04. The maximum atomic E-state index is 13.2. The van der Waals surface area contributed by atoms with E-state index in [0.29, 0.717) is 12.0 Å². The Balaban J connectivity index is 1.63. The number of nitrogens with one attached hydrogen (secondary N) is 1. The normalized spacial score (nSPS) is 26.0. The van der Waals surface area contributed by atoms with E-state index in [1.807, 2.05) is 31.2 Å². The Hall–Kier alpha value is -2.14. The molecule has 0 radical (unpaired) electrons. The highest BCUT2D eigenvalue weighted by molar-refractivity contribution is 6.10. The number of aromatic nitrogens is 1. The number of carbonyl (C=O) groups is 2. The van der Waals surface area contributed by atoms with Crippen molar-refractivity contribution in [3.05, 3.63) is 35.5 Å². The van der Waals surface area contributed by atoms with Crippen LogP contribution in [0.5, 0.6) is 0 Å². The predicted octanol–water partition coefficient (Wildman–Crippen LogP) is 3.47. The third kappa shape index (κ3) is 2.84. The fraction of sp³-hybridized carbons (Fsp3) is 0.524. The first-order chi connectivity index (χ1) is 12.6. The van der Waals surface area contributed by atoms with Crippen LogP contribution in [0.25, 0.3) is 10.9 Å². The third-order valence-electron chi connectivity index (χ3n) is 6.19. The lowest BCUT2D eigenvalue weighted by Crippen LogP contribution is -2.45. The number of ketones is 1. The van der Waals surface area contributed by atoms with Gasteiger partial charge >= 0.3 is 5.97 Å². The second-order valence-electron chi connectivity index (χ2n) is 7.65. The Labute approximate surface area is 153 Å². The van der Waals surface area contributed by atoms with Crippen LogP contribution in [-0.4, -0.2) is 47.4 Å². The van der Waals surface area contributed by atoms with Crippen molar-refractivity contribution >= 4 is 22.7 Å². The number of Topliss-reactive ketones (excluding diaryl/α,β-unsaturated/α-hetero) is 1. The number of aromatic amines is 1. The summed E-state index contributed by atoms with van der Waals surface area (Å²) in [6.45, 7) is 2.22. The van der Waals surface area contributed by atoms with E-state index in [1.165, 1.54) is 20.0 Å². The molecule has 1 saturated carbocycles. The molecule has 2 heterocycles. The van der Waals surface area contributed by atoms with Gasteiger partial charge in [-0.2, -0.15) is 0 Å². The van der Waals surface area contributed by atoms with Crippen LogP contribution in [0.1, 0.15) is 48.2 Å². The molecule has 3 atom stereocenters. The van der Waals surface area contributed by atoms with E-state index in [-0.39, 0.29) is 24.3 Å². The topological polar surface area (TPSA) is 62.4 Å². The van der Waals surface area contributed by atoms with Gasteiger partial charge in [0, 0.05) is 28.2 Å². The molecule has 0 amide bonds. The second kappa shape index (κ2) is 6.88. The maximum Gasteiger partial charge on any atom is 0.323 e. The van der Waals surface area contributed by atoms with Crippen LogP contribution in [0.15, 0.2) is 24.3 Å². The third-order valence-corrected chi connectivity index (χ3v) is 6.19. The standard InChI is InChI=1S/C21H26N2O3/c1-13-20(15-8-4-5-9-16(15)22-13)19(24)12-23-17-10-6-3-7-14(17)11-18(23)21(25)26-2/h4-5,8-9,14,17-18,22H,3,6-7,10-12H2,1-2H3. The van der Waals surface area contributed by atoms with Gasteiger partial charge in [-0.05, 0) is 38.2 Å². The summed E-state index contributed by atoms with van der Waals surface area (Å²) in [4.78, 5) is 31.0. The predicted molar refractivity (Wildman–Crippen MR) is 100 cm³/mol. The smallest absolute Gasteiger partial charge is 0.323 e. The first-order valence-electron chi connectivity index (χ1n) is 9.54. The van der Waals surface area contributed by atoms with Crippen molar-refractivity contribution in [3.8, 4) is 0 Å². The highest BCUT2D eigenvalue weighted by Gasteiger charge is 2.46. The number of para-hydroxylation sites is 1. The van der Waals surface area contributed by atoms with Crippen LogP contribution in [0, 0.1) is 12.8 Å². The van der Waals surface area contributed by atoms with Crippen molar-refractivity contribution < 1.29 is 14.3 Å². The Morgan fingerprint density at radius 1 is 1.23 bits per heavy atom. The number of likely N-dealkylation sites (tertiary alicyclic amines) is 1. The quantitative estimate of drug-likeness (QED) is 0.675. The number of ether oxygens (including phenoxy) is 1. The number of aryl methyl sites for hydroxylation is 1. The Morgan fingerprint density at radius 3 is 2.81 bits per heavy atom. The zero-order chi connectivity index (χ0) is 18.3. The molecule has 2 fully saturated rings. The first-order valence-corrected chi connectivity index (χ1v) is 9.54. The van der Waals surface area contributed by atoms with E-state index >= 15 is 0 Å². The molecule has 1 aromatic carbocycles. The summed E-state index contributed by atoms with van der Waals surface area (Å²) in [7, 11) is 1.44. The van der Waals surface area contributed by atoms with Gasteiger partial charge in [-0.15, -0.1) is 0 Å². The van der Waals surface area contributed by atoms with E-state index in [1.54, 1.807) is 0 Å². The molecule has 2 aliphatic rings. The largest absolute Gasteiger partial charge is 0.468 e. The molecule has 1 aliphatic carbocycles. The van der Waals surface area contributed by atoms with Crippen molar-refractivity contribution in [1.82, 2.24) is 9.88 Å². The molecule has 0 bridgehead atoms. The van der Waals surface area contributed by atoms with Crippen LogP contribution in [0.2, 0.25) is 0 Å². The highest BCUT2D eigenvalue weighted by Crippen LogP contribution is 2.40. The van der Waals surface area contributed by atoms with Crippen LogP contribution in [0.4, 0.5) is 0 Å². The molecule has 1 saturated heterocycles. The van der Waals surface area contributed by atoms with Gasteiger partial charge in [-0.3, -0.25) is 14.5 Å². The van der Waals surface area contributed by atoms with E-state index in [0.717, 1.165) is 41.4 Å². The maximum absolute atomic E-state index is 13.2. The molecule has 3 unspecified atom stereocenters. The minimum Gasteiger partial charge on any atom is -0.468 e. The molecule has 138 valence electrons. The number of hydrogen-bond acceptors (Lipinski definition) is 4. The fourth-order valence-electron chi connectivity index (χ4n) is 5.03. The average Bonchev–Trinajstić information content (AvgIpc) is 3.18. The number of carbonyl (C=O) groups excluding carboxylic acids is 2. The summed E-state index contributed by atoms with van der Waals surface area (Å²) >= 11 is 0. The van der Waals surface area contributed by atoms with E-state index in [9.17, 15) is 9.59 Å². The molecule has 26 heavy (non-hydrogen) atoms. The molecule has 0 spiro atoms. The van der Waals surface area contributed by atoms with Gasteiger partial charge < -0.3 is 9.72 Å². The molecule has 1 aromatic heterocycles. The SMILES string of the molecule is COC(=O)C1CC2CCCCC2N1CC(=O)c1c(C)[nH]c2ccccc12. The lowest BCUT2D eigenvalue weighted by molar-refractivity contribution is -0.146. The van der Waals surface area contributed by atoms with Crippen molar-refractivity contribution in [2.75, 3.05) is 13.7 Å². The van der Waals surface area contributed by atoms with Gasteiger partial charge in [-0.1, -0.05) is 31.0 Å². The highest BCUT2D eigenvalue weighted by atomic mass is 16.5. The van der Waals surface area contributed by atoms with Crippen molar-refractivity contribution in [2.24, 2.45) is 5.92 Å². The van der Waals surface area contributed by atoms with Crippen LogP contribution < -0.4 is 0 Å². The summed E-state index contributed by atoms with van der Waals surface area (Å²) in [6.07, 6.45) is 5.43. The van der Waals surface area contributed by atoms with Crippen molar-refractivity contribution in [2.45, 2.75) is 51.1 Å². The van der Waals surface area contributed by atoms with Crippen LogP contribution in [-0.2, 0) is 9.53 Å². The van der Waals surface area contributed by atoms with Gasteiger partial charge in [-0.25, -0.2) is 0 Å². The average molecular weight is 354 g/mol. The fourth-order valence-corrected chi connectivity index (χ4v) is 5.03. The number of esters is 1. The number of methoxy groups -OCH3 is 1. The lowest BCUT2D eigenvalue weighted by Gasteiger charge is -2.32. The summed E-state index contributed by atoms with van der Waals surface area (Å²) in [5, 5.41) is 0.962.